The summed E-state index contributed by atoms with van der Waals surface area (Å²) >= 11 is 0. The fourth-order valence-electron chi connectivity index (χ4n) is 2.87. The van der Waals surface area contributed by atoms with Crippen LogP contribution in [0.1, 0.15) is 52.0 Å². The zero-order valence-electron chi connectivity index (χ0n) is 16.9. The van der Waals surface area contributed by atoms with Crippen LogP contribution in [-0.4, -0.2) is 24.9 Å². The normalized spacial score (nSPS) is 16.4. The summed E-state index contributed by atoms with van der Waals surface area (Å²) in [5.41, 5.74) is 3.48. The minimum Gasteiger partial charge on any atom is -0.378 e. The molecule has 0 amide bonds. The average molecular weight is 361 g/mol. The Morgan fingerprint density at radius 2 is 1.84 bits per heavy atom. The maximum Gasteiger partial charge on any atom is 0.129 e. The highest BCUT2D eigenvalue weighted by atomic mass is 28.3. The number of ether oxygens (including phenoxy) is 1. The molecule has 1 N–H and O–H groups in total. The van der Waals surface area contributed by atoms with Crippen LogP contribution in [-0.2, 0) is 11.3 Å². The van der Waals surface area contributed by atoms with E-state index in [2.05, 4.69) is 57.1 Å². The minimum absolute atomic E-state index is 0.0210. The summed E-state index contributed by atoms with van der Waals surface area (Å²) in [7, 11) is -1.50. The molecule has 0 saturated carbocycles. The molecule has 0 aliphatic heterocycles. The van der Waals surface area contributed by atoms with Crippen LogP contribution in [0.25, 0.3) is 0 Å². The molecule has 0 aliphatic carbocycles. The first-order chi connectivity index (χ1) is 11.6. The second kappa shape index (κ2) is 10.2. The van der Waals surface area contributed by atoms with Crippen molar-refractivity contribution in [3.05, 3.63) is 35.9 Å². The minimum atomic E-state index is -1.50. The van der Waals surface area contributed by atoms with Gasteiger partial charge in [-0.25, -0.2) is 0 Å². The van der Waals surface area contributed by atoms with Gasteiger partial charge in [-0.15, -0.1) is 5.54 Å². The van der Waals surface area contributed by atoms with Crippen LogP contribution in [0.4, 0.5) is 0 Å². The van der Waals surface area contributed by atoms with E-state index in [1.54, 1.807) is 0 Å². The van der Waals surface area contributed by atoms with Gasteiger partial charge in [0.15, 0.2) is 0 Å². The number of rotatable bonds is 9. The highest BCUT2D eigenvalue weighted by molar-refractivity contribution is 6.83. The van der Waals surface area contributed by atoms with Crippen LogP contribution in [0.3, 0.4) is 0 Å². The van der Waals surface area contributed by atoms with Gasteiger partial charge < -0.3 is 9.84 Å². The SMILES string of the molecule is CCC[C@H](C)C[C@H](CC(C)(O)C#C[Si](C)(C)C)OCc1ccccc1. The van der Waals surface area contributed by atoms with E-state index >= 15 is 0 Å². The van der Waals surface area contributed by atoms with Crippen molar-refractivity contribution in [2.45, 2.75) is 84.4 Å². The summed E-state index contributed by atoms with van der Waals surface area (Å²) in [5.74, 6) is 3.71. The Morgan fingerprint density at radius 1 is 1.20 bits per heavy atom. The topological polar surface area (TPSA) is 29.5 Å². The van der Waals surface area contributed by atoms with Crippen molar-refractivity contribution >= 4 is 8.07 Å². The largest absolute Gasteiger partial charge is 0.378 e. The molecule has 3 heteroatoms. The molecule has 0 saturated heterocycles. The Bertz CT molecular complexity index is 549. The Balaban J connectivity index is 2.76. The Morgan fingerprint density at radius 3 is 2.40 bits per heavy atom. The van der Waals surface area contributed by atoms with Crippen molar-refractivity contribution in [1.29, 1.82) is 0 Å². The smallest absolute Gasteiger partial charge is 0.129 e. The van der Waals surface area contributed by atoms with Gasteiger partial charge in [-0.1, -0.05) is 82.6 Å². The number of benzene rings is 1. The zero-order chi connectivity index (χ0) is 18.9. The quantitative estimate of drug-likeness (QED) is 0.470. The first kappa shape index (κ1) is 22.0. The molecule has 0 fully saturated rings. The highest BCUT2D eigenvalue weighted by Crippen LogP contribution is 2.23. The summed E-state index contributed by atoms with van der Waals surface area (Å²) in [6, 6.07) is 10.2. The van der Waals surface area contributed by atoms with Gasteiger partial charge in [0.1, 0.15) is 13.7 Å². The van der Waals surface area contributed by atoms with Crippen LogP contribution in [0.2, 0.25) is 19.6 Å². The maximum absolute atomic E-state index is 10.8. The Hall–Kier alpha value is -1.08. The Kier molecular flexibility index (Phi) is 8.92. The lowest BCUT2D eigenvalue weighted by atomic mass is 9.91. The second-order valence-corrected chi connectivity index (χ2v) is 13.3. The molecular weight excluding hydrogens is 324 g/mol. The van der Waals surface area contributed by atoms with Crippen LogP contribution < -0.4 is 0 Å². The van der Waals surface area contributed by atoms with E-state index in [1.165, 1.54) is 18.4 Å². The highest BCUT2D eigenvalue weighted by Gasteiger charge is 2.26. The van der Waals surface area contributed by atoms with E-state index in [0.29, 0.717) is 18.9 Å². The van der Waals surface area contributed by atoms with Crippen molar-refractivity contribution in [3.63, 3.8) is 0 Å². The van der Waals surface area contributed by atoms with Gasteiger partial charge in [-0.2, -0.15) is 0 Å². The average Bonchev–Trinajstić information content (AvgIpc) is 2.51. The molecule has 3 atom stereocenters. The number of aliphatic hydroxyl groups is 1. The van der Waals surface area contributed by atoms with Crippen molar-refractivity contribution in [1.82, 2.24) is 0 Å². The van der Waals surface area contributed by atoms with Crippen molar-refractivity contribution < 1.29 is 9.84 Å². The molecule has 2 nitrogen and oxygen atoms in total. The Labute approximate surface area is 156 Å². The van der Waals surface area contributed by atoms with Crippen molar-refractivity contribution in [2.75, 3.05) is 0 Å². The molecule has 1 unspecified atom stereocenters. The van der Waals surface area contributed by atoms with Crippen LogP contribution in [0.15, 0.2) is 30.3 Å². The molecular formula is C22H36O2Si. The third kappa shape index (κ3) is 10.5. The van der Waals surface area contributed by atoms with Gasteiger partial charge in [0.2, 0.25) is 0 Å². The third-order valence-corrected chi connectivity index (χ3v) is 4.98. The lowest BCUT2D eigenvalue weighted by Gasteiger charge is -2.27. The number of hydrogen-bond donors (Lipinski definition) is 1. The predicted molar refractivity (Wildman–Crippen MR) is 110 cm³/mol. The second-order valence-electron chi connectivity index (χ2n) is 8.53. The third-order valence-electron chi connectivity index (χ3n) is 4.11. The summed E-state index contributed by atoms with van der Waals surface area (Å²) in [5, 5.41) is 10.8. The first-order valence-corrected chi connectivity index (χ1v) is 13.0. The lowest BCUT2D eigenvalue weighted by molar-refractivity contribution is -0.0229. The molecule has 0 radical (unpaired) electrons. The molecule has 0 heterocycles. The maximum atomic E-state index is 10.8. The van der Waals surface area contributed by atoms with E-state index in [-0.39, 0.29) is 6.10 Å². The van der Waals surface area contributed by atoms with Gasteiger partial charge in [-0.05, 0) is 24.8 Å². The van der Waals surface area contributed by atoms with Gasteiger partial charge in [-0.3, -0.25) is 0 Å². The first-order valence-electron chi connectivity index (χ1n) is 9.53. The fraction of sp³-hybridized carbons (Fsp3) is 0.636. The van der Waals surface area contributed by atoms with Gasteiger partial charge in [0.25, 0.3) is 0 Å². The standard InChI is InChI=1S/C22H36O2Si/c1-7-11-19(2)16-21(24-18-20-12-9-8-10-13-20)17-22(3,23)14-15-25(4,5)6/h8-10,12-13,19,21,23H,7,11,16-18H2,1-6H3/t19-,21+,22?/m0/s1. The van der Waals surface area contributed by atoms with Gasteiger partial charge in [0.05, 0.1) is 12.7 Å². The van der Waals surface area contributed by atoms with Crippen molar-refractivity contribution in [2.24, 2.45) is 5.92 Å². The molecule has 0 spiro atoms. The van der Waals surface area contributed by atoms with Gasteiger partial charge in [0, 0.05) is 6.42 Å². The van der Waals surface area contributed by atoms with Gasteiger partial charge >= 0.3 is 0 Å². The van der Waals surface area contributed by atoms with Crippen LogP contribution in [0, 0.1) is 17.4 Å². The number of hydrogen-bond acceptors (Lipinski definition) is 2. The molecule has 25 heavy (non-hydrogen) atoms. The molecule has 0 bridgehead atoms. The summed E-state index contributed by atoms with van der Waals surface area (Å²) in [6.07, 6.45) is 3.91. The van der Waals surface area contributed by atoms with E-state index in [1.807, 2.05) is 25.1 Å². The predicted octanol–water partition coefficient (Wildman–Crippen LogP) is 5.42. The summed E-state index contributed by atoms with van der Waals surface area (Å²) in [4.78, 5) is 0. The lowest BCUT2D eigenvalue weighted by Crippen LogP contribution is -2.32. The monoisotopic (exact) mass is 360 g/mol. The van der Waals surface area contributed by atoms with Crippen molar-refractivity contribution in [3.8, 4) is 11.5 Å². The van der Waals surface area contributed by atoms with Crippen LogP contribution >= 0.6 is 0 Å². The molecule has 140 valence electrons. The fourth-order valence-corrected chi connectivity index (χ4v) is 3.52. The zero-order valence-corrected chi connectivity index (χ0v) is 17.9. The molecule has 0 aliphatic rings. The molecule has 1 rings (SSSR count). The molecule has 1 aromatic rings. The molecule has 0 aromatic heterocycles. The van der Waals surface area contributed by atoms with Crippen LogP contribution in [0.5, 0.6) is 0 Å². The molecule has 1 aromatic carbocycles. The van der Waals surface area contributed by atoms with E-state index in [4.69, 9.17) is 4.74 Å². The van der Waals surface area contributed by atoms with E-state index < -0.39 is 13.7 Å². The summed E-state index contributed by atoms with van der Waals surface area (Å²) < 4.78 is 6.20. The van der Waals surface area contributed by atoms with E-state index in [9.17, 15) is 5.11 Å². The summed E-state index contributed by atoms with van der Waals surface area (Å²) in [6.45, 7) is 13.5. The van der Waals surface area contributed by atoms with E-state index in [0.717, 1.165) is 6.42 Å².